The number of hydrogen-bond acceptors (Lipinski definition) is 7. The summed E-state index contributed by atoms with van der Waals surface area (Å²) >= 11 is 3.55. The lowest BCUT2D eigenvalue weighted by Crippen LogP contribution is -2.44. The normalized spacial score (nSPS) is 16.7. The zero-order valence-electron chi connectivity index (χ0n) is 22.9. The molecule has 0 saturated carbocycles. The number of cyclic esters (lactones) is 1. The van der Waals surface area contributed by atoms with Crippen molar-refractivity contribution in [2.75, 3.05) is 13.2 Å². The van der Waals surface area contributed by atoms with E-state index in [4.69, 9.17) is 19.0 Å². The molecule has 1 N–H and O–H groups in total. The van der Waals surface area contributed by atoms with E-state index in [0.29, 0.717) is 12.2 Å². The van der Waals surface area contributed by atoms with Crippen molar-refractivity contribution in [2.45, 2.75) is 90.2 Å². The molecule has 1 aliphatic heterocycles. The van der Waals surface area contributed by atoms with Crippen LogP contribution in [0, 0.1) is 5.92 Å². The number of unbranched alkanes of at least 4 members (excludes halogenated alkanes) is 7. The summed E-state index contributed by atoms with van der Waals surface area (Å²) in [6, 6.07) is 10.9. The molecule has 2 heterocycles. The Bertz CT molecular complexity index is 1070. The summed E-state index contributed by atoms with van der Waals surface area (Å²) in [7, 11) is 0. The third-order valence-corrected chi connectivity index (χ3v) is 7.69. The maximum absolute atomic E-state index is 13.6. The van der Waals surface area contributed by atoms with Crippen LogP contribution in [0.3, 0.4) is 0 Å². The van der Waals surface area contributed by atoms with Gasteiger partial charge >= 0.3 is 12.1 Å². The van der Waals surface area contributed by atoms with Crippen LogP contribution >= 0.6 is 15.9 Å². The Morgan fingerprint density at radius 1 is 1.08 bits per heavy atom. The second-order valence-corrected chi connectivity index (χ2v) is 11.0. The number of nitrogens with zero attached hydrogens (tertiary/aromatic N) is 1. The van der Waals surface area contributed by atoms with Gasteiger partial charge in [0.2, 0.25) is 5.91 Å². The Kier molecular flexibility index (Phi) is 12.5. The second kappa shape index (κ2) is 15.8. The van der Waals surface area contributed by atoms with E-state index in [0.717, 1.165) is 65.6 Å². The van der Waals surface area contributed by atoms with Crippen molar-refractivity contribution in [1.82, 2.24) is 4.90 Å². The molecule has 3 atom stereocenters. The van der Waals surface area contributed by atoms with E-state index in [1.807, 2.05) is 30.3 Å². The Balaban J connectivity index is 1.62. The molecule has 0 aliphatic carbocycles. The smallest absolute Gasteiger partial charge is 0.416 e. The lowest BCUT2D eigenvalue weighted by atomic mass is 9.98. The van der Waals surface area contributed by atoms with Crippen molar-refractivity contribution in [3.63, 3.8) is 0 Å². The van der Waals surface area contributed by atoms with Gasteiger partial charge in [-0.05, 0) is 53.7 Å². The second-order valence-electron chi connectivity index (χ2n) is 10.2. The number of halogens is 1. The quantitative estimate of drug-likeness (QED) is 0.171. The van der Waals surface area contributed by atoms with Crippen LogP contribution in [0.25, 0.3) is 0 Å². The van der Waals surface area contributed by atoms with E-state index in [1.165, 1.54) is 19.8 Å². The van der Waals surface area contributed by atoms with E-state index in [1.54, 1.807) is 13.0 Å². The summed E-state index contributed by atoms with van der Waals surface area (Å²) in [5.41, 5.74) is 0.990. The molecule has 39 heavy (non-hydrogen) atoms. The van der Waals surface area contributed by atoms with E-state index in [2.05, 4.69) is 15.9 Å². The number of amides is 2. The topological polar surface area (TPSA) is 106 Å². The molecule has 9 heteroatoms. The minimum Gasteiger partial charge on any atom is -0.461 e. The minimum atomic E-state index is -0.982. The summed E-state index contributed by atoms with van der Waals surface area (Å²) in [4.78, 5) is 39.3. The van der Waals surface area contributed by atoms with Gasteiger partial charge in [0.05, 0.1) is 16.4 Å². The van der Waals surface area contributed by atoms with Crippen LogP contribution in [0.4, 0.5) is 4.79 Å². The molecule has 1 aliphatic rings. The highest BCUT2D eigenvalue weighted by molar-refractivity contribution is 9.10. The van der Waals surface area contributed by atoms with Crippen molar-refractivity contribution in [3.05, 3.63) is 58.0 Å². The van der Waals surface area contributed by atoms with Gasteiger partial charge in [0.1, 0.15) is 18.1 Å². The number of aliphatic hydroxyl groups excluding tert-OH is 1. The Hall–Kier alpha value is -2.65. The SMILES string of the molecule is CC(=O)O[C@H](c1cc(Br)c(CCCCCCCCCCO)o1)[C@H](C)C(=O)N1C(=O)OC[C@@H]1Cc1ccccc1. The number of imide groups is 1. The van der Waals surface area contributed by atoms with Gasteiger partial charge in [-0.25, -0.2) is 9.69 Å². The summed E-state index contributed by atoms with van der Waals surface area (Å²) in [6.07, 6.45) is 8.16. The zero-order chi connectivity index (χ0) is 28.2. The Morgan fingerprint density at radius 3 is 2.36 bits per heavy atom. The lowest BCUT2D eigenvalue weighted by molar-refractivity contribution is -0.154. The number of hydrogen-bond donors (Lipinski definition) is 1. The Morgan fingerprint density at radius 2 is 1.72 bits per heavy atom. The number of carbonyl (C=O) groups is 3. The zero-order valence-corrected chi connectivity index (χ0v) is 24.5. The molecular weight excluding hydrogens is 566 g/mol. The molecule has 0 spiro atoms. The van der Waals surface area contributed by atoms with Gasteiger partial charge in [0, 0.05) is 20.0 Å². The standard InChI is InChI=1S/C30H40BrNO7/c1-21(29(35)32-24(20-37-30(32)36)18-23-14-10-9-11-15-23)28(38-22(2)34)27-19-25(31)26(39-27)16-12-7-5-3-4-6-8-13-17-33/h9-11,14-15,19,21,24,28,33H,3-8,12-13,16-18,20H2,1-2H3/t21-,24-,28-/m0/s1. The molecule has 1 aromatic carbocycles. The molecule has 0 unspecified atom stereocenters. The van der Waals surface area contributed by atoms with Crippen molar-refractivity contribution in [3.8, 4) is 0 Å². The maximum atomic E-state index is 13.6. The number of benzene rings is 1. The van der Waals surface area contributed by atoms with Gasteiger partial charge in [0.15, 0.2) is 6.10 Å². The molecule has 1 saturated heterocycles. The third-order valence-electron chi connectivity index (χ3n) is 7.02. The highest BCUT2D eigenvalue weighted by Crippen LogP contribution is 2.35. The summed E-state index contributed by atoms with van der Waals surface area (Å²) in [6.45, 7) is 3.31. The highest BCUT2D eigenvalue weighted by atomic mass is 79.9. The molecule has 1 fully saturated rings. The molecule has 2 amide bonds. The molecule has 3 rings (SSSR count). The first-order valence-corrected chi connectivity index (χ1v) is 14.7. The average molecular weight is 607 g/mol. The summed E-state index contributed by atoms with van der Waals surface area (Å²) < 4.78 is 17.7. The summed E-state index contributed by atoms with van der Waals surface area (Å²) in [5, 5.41) is 8.85. The third kappa shape index (κ3) is 9.21. The number of carbonyl (C=O) groups excluding carboxylic acids is 3. The van der Waals surface area contributed by atoms with Gasteiger partial charge in [0.25, 0.3) is 0 Å². The van der Waals surface area contributed by atoms with E-state index in [9.17, 15) is 14.4 Å². The predicted molar refractivity (Wildman–Crippen MR) is 150 cm³/mol. The Labute approximate surface area is 239 Å². The highest BCUT2D eigenvalue weighted by Gasteiger charge is 2.43. The molecule has 214 valence electrons. The van der Waals surface area contributed by atoms with Crippen LogP contribution in [0.1, 0.15) is 88.4 Å². The molecule has 8 nitrogen and oxygen atoms in total. The van der Waals surface area contributed by atoms with E-state index >= 15 is 0 Å². The van der Waals surface area contributed by atoms with E-state index in [-0.39, 0.29) is 13.2 Å². The fourth-order valence-electron chi connectivity index (χ4n) is 4.90. The first-order chi connectivity index (χ1) is 18.8. The summed E-state index contributed by atoms with van der Waals surface area (Å²) in [5.74, 6) is -0.777. The monoisotopic (exact) mass is 605 g/mol. The van der Waals surface area contributed by atoms with Gasteiger partial charge < -0.3 is 19.0 Å². The fraction of sp³-hybridized carbons (Fsp3) is 0.567. The first-order valence-electron chi connectivity index (χ1n) is 13.9. The number of ether oxygens (including phenoxy) is 2. The van der Waals surface area contributed by atoms with Gasteiger partial charge in [-0.2, -0.15) is 0 Å². The number of rotatable bonds is 16. The molecular formula is C30H40BrNO7. The van der Waals surface area contributed by atoms with Crippen LogP contribution in [-0.2, 0) is 31.9 Å². The molecule has 1 aromatic heterocycles. The van der Waals surface area contributed by atoms with Crippen molar-refractivity contribution in [2.24, 2.45) is 5.92 Å². The van der Waals surface area contributed by atoms with Crippen molar-refractivity contribution in [1.29, 1.82) is 0 Å². The number of aryl methyl sites for hydroxylation is 1. The van der Waals surface area contributed by atoms with Gasteiger partial charge in [-0.1, -0.05) is 68.9 Å². The van der Waals surface area contributed by atoms with Gasteiger partial charge in [-0.15, -0.1) is 0 Å². The van der Waals surface area contributed by atoms with E-state index < -0.39 is 36.0 Å². The van der Waals surface area contributed by atoms with Crippen LogP contribution in [0.5, 0.6) is 0 Å². The maximum Gasteiger partial charge on any atom is 0.416 e. The van der Waals surface area contributed by atoms with Crippen LogP contribution in [0.2, 0.25) is 0 Å². The molecule has 0 radical (unpaired) electrons. The molecule has 2 aromatic rings. The van der Waals surface area contributed by atoms with Crippen molar-refractivity contribution < 1.29 is 33.4 Å². The van der Waals surface area contributed by atoms with Crippen LogP contribution in [0.15, 0.2) is 45.3 Å². The number of furan rings is 1. The molecule has 0 bridgehead atoms. The van der Waals surface area contributed by atoms with Crippen LogP contribution < -0.4 is 0 Å². The lowest BCUT2D eigenvalue weighted by Gasteiger charge is -2.27. The minimum absolute atomic E-state index is 0.115. The number of aliphatic hydroxyl groups is 1. The predicted octanol–water partition coefficient (Wildman–Crippen LogP) is 6.53. The first kappa shape index (κ1) is 30.9. The van der Waals surface area contributed by atoms with Crippen molar-refractivity contribution >= 4 is 33.9 Å². The fourth-order valence-corrected chi connectivity index (χ4v) is 5.40. The van der Waals surface area contributed by atoms with Crippen LogP contribution in [-0.4, -0.2) is 47.2 Å². The number of esters is 1. The average Bonchev–Trinajstić information content (AvgIpc) is 3.47. The van der Waals surface area contributed by atoms with Gasteiger partial charge in [-0.3, -0.25) is 9.59 Å². The largest absolute Gasteiger partial charge is 0.461 e.